The molecule has 0 atom stereocenters. The van der Waals surface area contributed by atoms with Gasteiger partial charge in [0.15, 0.2) is 5.15 Å². The largest absolute Gasteiger partial charge is 0.378 e. The van der Waals surface area contributed by atoms with Crippen LogP contribution in [0.4, 0.5) is 5.69 Å². The molecule has 1 aromatic rings. The molecule has 0 spiro atoms. The molecule has 0 aromatic carbocycles. The van der Waals surface area contributed by atoms with Crippen molar-refractivity contribution in [3.63, 3.8) is 0 Å². The van der Waals surface area contributed by atoms with E-state index < -0.39 is 0 Å². The van der Waals surface area contributed by atoms with Crippen LogP contribution in [0.1, 0.15) is 0 Å². The van der Waals surface area contributed by atoms with Gasteiger partial charge in [0.2, 0.25) is 0 Å². The number of halogens is 2. The maximum atomic E-state index is 5.92. The van der Waals surface area contributed by atoms with Crippen molar-refractivity contribution in [1.82, 2.24) is 4.98 Å². The van der Waals surface area contributed by atoms with Crippen LogP contribution in [0, 0.1) is 0 Å². The van der Waals surface area contributed by atoms with Gasteiger partial charge < -0.3 is 5.32 Å². The Bertz CT molecular complexity index is 317. The molecule has 2 rings (SSSR count). The Hall–Kier alpha value is 0.0700. The average Bonchev–Trinajstić information content (AvgIpc) is 2.03. The van der Waals surface area contributed by atoms with E-state index in [4.69, 9.17) is 11.6 Å². The first-order valence-electron chi connectivity index (χ1n) is 3.91. The Morgan fingerprint density at radius 3 is 3.00 bits per heavy atom. The molecule has 5 heteroatoms. The van der Waals surface area contributed by atoms with Crippen LogP contribution in [0.25, 0.3) is 0 Å². The van der Waals surface area contributed by atoms with E-state index in [1.165, 1.54) is 0 Å². The third-order valence-electron chi connectivity index (χ3n) is 1.80. The van der Waals surface area contributed by atoms with E-state index in [2.05, 4.69) is 26.2 Å². The highest BCUT2D eigenvalue weighted by molar-refractivity contribution is 9.10. The second kappa shape index (κ2) is 4.07. The molecule has 1 N–H and O–H groups in total. The second-order valence-electron chi connectivity index (χ2n) is 2.87. The van der Waals surface area contributed by atoms with E-state index >= 15 is 0 Å². The number of nitrogens with zero attached hydrogens (tertiary/aromatic N) is 1. The van der Waals surface area contributed by atoms with Crippen molar-refractivity contribution in [3.05, 3.63) is 21.9 Å². The third kappa shape index (κ3) is 2.30. The van der Waals surface area contributed by atoms with Gasteiger partial charge in [0, 0.05) is 28.2 Å². The van der Waals surface area contributed by atoms with Crippen LogP contribution >= 0.6 is 39.3 Å². The lowest BCUT2D eigenvalue weighted by Gasteiger charge is -2.27. The van der Waals surface area contributed by atoms with E-state index in [-0.39, 0.29) is 0 Å². The molecule has 1 saturated heterocycles. The van der Waals surface area contributed by atoms with E-state index in [1.54, 1.807) is 6.20 Å². The molecule has 1 aliphatic rings. The first-order chi connectivity index (χ1) is 6.25. The van der Waals surface area contributed by atoms with Gasteiger partial charge in [0.25, 0.3) is 0 Å². The van der Waals surface area contributed by atoms with Crippen molar-refractivity contribution in [2.75, 3.05) is 16.8 Å². The summed E-state index contributed by atoms with van der Waals surface area (Å²) >= 11 is 11.2. The van der Waals surface area contributed by atoms with Gasteiger partial charge in [-0.3, -0.25) is 0 Å². The summed E-state index contributed by atoms with van der Waals surface area (Å²) in [5.74, 6) is 2.31. The Morgan fingerprint density at radius 2 is 2.38 bits per heavy atom. The van der Waals surface area contributed by atoms with Crippen LogP contribution in [0.5, 0.6) is 0 Å². The standard InChI is InChI=1S/C8H8BrClN2S/c9-5-1-7(8(10)11-2-5)12-6-3-13-4-6/h1-2,6,12H,3-4H2. The molecule has 0 aliphatic carbocycles. The average molecular weight is 280 g/mol. The molecule has 70 valence electrons. The van der Waals surface area contributed by atoms with E-state index in [0.717, 1.165) is 21.7 Å². The number of hydrogen-bond donors (Lipinski definition) is 1. The highest BCUT2D eigenvalue weighted by Gasteiger charge is 2.18. The van der Waals surface area contributed by atoms with Crippen LogP contribution in [0.3, 0.4) is 0 Å². The van der Waals surface area contributed by atoms with Gasteiger partial charge in [-0.1, -0.05) is 11.6 Å². The molecule has 1 fully saturated rings. The van der Waals surface area contributed by atoms with Crippen LogP contribution in [0.2, 0.25) is 5.15 Å². The zero-order chi connectivity index (χ0) is 9.26. The predicted octanol–water partition coefficient (Wildman–Crippen LogP) is 3.02. The van der Waals surface area contributed by atoms with E-state index in [9.17, 15) is 0 Å². The van der Waals surface area contributed by atoms with Crippen LogP contribution in [0.15, 0.2) is 16.7 Å². The Kier molecular flexibility index (Phi) is 3.01. The molecule has 1 aliphatic heterocycles. The summed E-state index contributed by atoms with van der Waals surface area (Å²) in [6.07, 6.45) is 1.70. The molecular weight excluding hydrogens is 272 g/mol. The lowest BCUT2D eigenvalue weighted by atomic mass is 10.3. The SMILES string of the molecule is Clc1ncc(Br)cc1NC1CSC1. The first kappa shape index (κ1) is 9.62. The van der Waals surface area contributed by atoms with Crippen molar-refractivity contribution in [2.45, 2.75) is 6.04 Å². The summed E-state index contributed by atoms with van der Waals surface area (Å²) in [7, 11) is 0. The van der Waals surface area contributed by atoms with Crippen LogP contribution in [-0.2, 0) is 0 Å². The molecule has 0 unspecified atom stereocenters. The topological polar surface area (TPSA) is 24.9 Å². The Morgan fingerprint density at radius 1 is 1.62 bits per heavy atom. The fourth-order valence-electron chi connectivity index (χ4n) is 1.06. The van der Waals surface area contributed by atoms with Gasteiger partial charge in [-0.15, -0.1) is 0 Å². The number of pyridine rings is 1. The van der Waals surface area contributed by atoms with Gasteiger partial charge >= 0.3 is 0 Å². The van der Waals surface area contributed by atoms with Crippen molar-refractivity contribution in [1.29, 1.82) is 0 Å². The normalized spacial score (nSPS) is 16.8. The molecule has 1 aromatic heterocycles. The minimum atomic E-state index is 0.542. The van der Waals surface area contributed by atoms with E-state index in [0.29, 0.717) is 11.2 Å². The van der Waals surface area contributed by atoms with Gasteiger partial charge in [-0.05, 0) is 22.0 Å². The van der Waals surface area contributed by atoms with Gasteiger partial charge in [-0.25, -0.2) is 4.98 Å². The first-order valence-corrected chi connectivity index (χ1v) is 6.23. The monoisotopic (exact) mass is 278 g/mol. The van der Waals surface area contributed by atoms with Crippen molar-refractivity contribution < 1.29 is 0 Å². The molecule has 13 heavy (non-hydrogen) atoms. The van der Waals surface area contributed by atoms with Crippen molar-refractivity contribution in [3.8, 4) is 0 Å². The zero-order valence-electron chi connectivity index (χ0n) is 6.76. The van der Waals surface area contributed by atoms with Gasteiger partial charge in [0.1, 0.15) is 0 Å². The fourth-order valence-corrected chi connectivity index (χ4v) is 2.19. The summed E-state index contributed by atoms with van der Waals surface area (Å²) in [4.78, 5) is 4.04. The predicted molar refractivity (Wildman–Crippen MR) is 61.7 cm³/mol. The summed E-state index contributed by atoms with van der Waals surface area (Å²) in [5, 5.41) is 3.88. The number of rotatable bonds is 2. The lowest BCUT2D eigenvalue weighted by molar-refractivity contribution is 0.880. The molecular formula is C8H8BrClN2S. The van der Waals surface area contributed by atoms with Gasteiger partial charge in [0.05, 0.1) is 5.69 Å². The Labute approximate surface area is 94.6 Å². The summed E-state index contributed by atoms with van der Waals surface area (Å²) in [6, 6.07) is 2.51. The number of anilines is 1. The second-order valence-corrected chi connectivity index (χ2v) is 5.22. The Balaban J connectivity index is 2.13. The zero-order valence-corrected chi connectivity index (χ0v) is 9.92. The molecule has 0 saturated carbocycles. The van der Waals surface area contributed by atoms with Gasteiger partial charge in [-0.2, -0.15) is 11.8 Å². The van der Waals surface area contributed by atoms with Crippen molar-refractivity contribution in [2.24, 2.45) is 0 Å². The van der Waals surface area contributed by atoms with Crippen LogP contribution < -0.4 is 5.32 Å². The molecule has 2 heterocycles. The lowest BCUT2D eigenvalue weighted by Crippen LogP contribution is -2.33. The number of nitrogens with one attached hydrogen (secondary N) is 1. The highest BCUT2D eigenvalue weighted by atomic mass is 79.9. The summed E-state index contributed by atoms with van der Waals surface area (Å²) < 4.78 is 0.950. The molecule has 0 radical (unpaired) electrons. The number of thioether (sulfide) groups is 1. The minimum absolute atomic E-state index is 0.542. The maximum Gasteiger partial charge on any atom is 0.152 e. The fraction of sp³-hybridized carbons (Fsp3) is 0.375. The van der Waals surface area contributed by atoms with Crippen LogP contribution in [-0.4, -0.2) is 22.5 Å². The summed E-state index contributed by atoms with van der Waals surface area (Å²) in [6.45, 7) is 0. The molecule has 2 nitrogen and oxygen atoms in total. The smallest absolute Gasteiger partial charge is 0.152 e. The molecule has 0 bridgehead atoms. The minimum Gasteiger partial charge on any atom is -0.378 e. The number of hydrogen-bond acceptors (Lipinski definition) is 3. The summed E-state index contributed by atoms with van der Waals surface area (Å²) in [5.41, 5.74) is 0.918. The molecule has 0 amide bonds. The van der Waals surface area contributed by atoms with Crippen molar-refractivity contribution >= 4 is 45.0 Å². The number of aromatic nitrogens is 1. The highest BCUT2D eigenvalue weighted by Crippen LogP contribution is 2.27. The maximum absolute atomic E-state index is 5.92. The quantitative estimate of drug-likeness (QED) is 0.843. The van der Waals surface area contributed by atoms with E-state index in [1.807, 2.05) is 17.8 Å². The third-order valence-corrected chi connectivity index (χ3v) is 3.81.